The molecule has 102 valence electrons. The van der Waals surface area contributed by atoms with Crippen LogP contribution < -0.4 is 5.32 Å². The highest BCUT2D eigenvalue weighted by Gasteiger charge is 2.09. The molecular weight excluding hydrogens is 255 g/mol. The normalized spacial score (nSPS) is 11.8. The lowest BCUT2D eigenvalue weighted by atomic mass is 10.1. The van der Waals surface area contributed by atoms with Gasteiger partial charge in [-0.15, -0.1) is 0 Å². The number of nitrogens with zero attached hydrogens (tertiary/aromatic N) is 1. The number of nitriles is 1. The van der Waals surface area contributed by atoms with E-state index in [1.54, 1.807) is 12.1 Å². The summed E-state index contributed by atoms with van der Waals surface area (Å²) in [5.41, 5.74) is 1.27. The van der Waals surface area contributed by atoms with Crippen LogP contribution in [0.4, 0.5) is 4.39 Å². The maximum Gasteiger partial charge on any atom is 0.145 e. The fourth-order valence-corrected chi connectivity index (χ4v) is 1.94. The number of aliphatic hydroxyl groups excluding tert-OH is 1. The molecule has 2 N–H and O–H groups in total. The largest absolute Gasteiger partial charge is 0.387 e. The van der Waals surface area contributed by atoms with Gasteiger partial charge in [0.2, 0.25) is 0 Å². The molecule has 0 spiro atoms. The van der Waals surface area contributed by atoms with Crippen molar-refractivity contribution < 1.29 is 9.50 Å². The van der Waals surface area contributed by atoms with Crippen molar-refractivity contribution in [1.82, 2.24) is 5.32 Å². The molecule has 0 bridgehead atoms. The Labute approximate surface area is 117 Å². The van der Waals surface area contributed by atoms with E-state index in [0.29, 0.717) is 12.1 Å². The van der Waals surface area contributed by atoms with E-state index in [2.05, 4.69) is 5.32 Å². The summed E-state index contributed by atoms with van der Waals surface area (Å²) in [6.45, 7) is 0.589. The lowest BCUT2D eigenvalue weighted by Crippen LogP contribution is -2.21. The van der Waals surface area contributed by atoms with Crippen molar-refractivity contribution in [2.24, 2.45) is 0 Å². The summed E-state index contributed by atoms with van der Waals surface area (Å²) in [5.74, 6) is -0.503. The third kappa shape index (κ3) is 3.41. The van der Waals surface area contributed by atoms with Gasteiger partial charge in [-0.1, -0.05) is 42.5 Å². The molecule has 2 aromatic carbocycles. The summed E-state index contributed by atoms with van der Waals surface area (Å²) in [7, 11) is 0. The van der Waals surface area contributed by atoms with Crippen molar-refractivity contribution in [2.75, 3.05) is 6.54 Å². The van der Waals surface area contributed by atoms with Crippen LogP contribution in [-0.2, 0) is 6.54 Å². The second-order valence-corrected chi connectivity index (χ2v) is 4.45. The van der Waals surface area contributed by atoms with Gasteiger partial charge in [-0.05, 0) is 11.6 Å². The monoisotopic (exact) mass is 270 g/mol. The molecule has 0 saturated carbocycles. The first kappa shape index (κ1) is 14.2. The third-order valence-electron chi connectivity index (χ3n) is 3.04. The zero-order valence-electron chi connectivity index (χ0n) is 10.9. The van der Waals surface area contributed by atoms with Crippen molar-refractivity contribution in [1.29, 1.82) is 5.26 Å². The predicted octanol–water partition coefficient (Wildman–Crippen LogP) is 2.52. The fourth-order valence-electron chi connectivity index (χ4n) is 1.94. The van der Waals surface area contributed by atoms with Gasteiger partial charge in [0.15, 0.2) is 0 Å². The quantitative estimate of drug-likeness (QED) is 0.877. The number of hydrogen-bond donors (Lipinski definition) is 2. The number of benzene rings is 2. The molecule has 2 rings (SSSR count). The van der Waals surface area contributed by atoms with Crippen LogP contribution in [0.1, 0.15) is 22.8 Å². The summed E-state index contributed by atoms with van der Waals surface area (Å²) in [6, 6.07) is 15.8. The van der Waals surface area contributed by atoms with Crippen LogP contribution >= 0.6 is 0 Å². The van der Waals surface area contributed by atoms with E-state index in [-0.39, 0.29) is 12.1 Å². The molecule has 3 nitrogen and oxygen atoms in total. The molecule has 0 saturated heterocycles. The maximum absolute atomic E-state index is 13.8. The van der Waals surface area contributed by atoms with Gasteiger partial charge < -0.3 is 10.4 Å². The second kappa shape index (κ2) is 6.80. The second-order valence-electron chi connectivity index (χ2n) is 4.45. The molecule has 0 fully saturated rings. The minimum Gasteiger partial charge on any atom is -0.387 e. The summed E-state index contributed by atoms with van der Waals surface area (Å²) in [5, 5.41) is 21.7. The molecule has 1 unspecified atom stereocenters. The van der Waals surface area contributed by atoms with Crippen molar-refractivity contribution in [3.63, 3.8) is 0 Å². The molecule has 0 radical (unpaired) electrons. The molecule has 20 heavy (non-hydrogen) atoms. The first-order valence-electron chi connectivity index (χ1n) is 6.33. The topological polar surface area (TPSA) is 56.0 Å². The fraction of sp³-hybridized carbons (Fsp3) is 0.188. The van der Waals surface area contributed by atoms with Crippen molar-refractivity contribution in [2.45, 2.75) is 12.6 Å². The molecule has 0 aliphatic heterocycles. The van der Waals surface area contributed by atoms with E-state index in [1.165, 1.54) is 6.07 Å². The molecular formula is C16H15FN2O. The molecule has 0 heterocycles. The first-order chi connectivity index (χ1) is 9.72. The summed E-state index contributed by atoms with van der Waals surface area (Å²) in [4.78, 5) is 0. The maximum atomic E-state index is 13.8. The molecule has 0 aromatic heterocycles. The number of rotatable bonds is 5. The van der Waals surface area contributed by atoms with Crippen molar-refractivity contribution in [3.05, 3.63) is 71.0 Å². The zero-order chi connectivity index (χ0) is 14.4. The Bertz CT molecular complexity index is 608. The number of hydrogen-bond acceptors (Lipinski definition) is 3. The molecule has 2 aromatic rings. The van der Waals surface area contributed by atoms with E-state index in [9.17, 15) is 9.50 Å². The van der Waals surface area contributed by atoms with Crippen LogP contribution in [0.25, 0.3) is 0 Å². The van der Waals surface area contributed by atoms with Crippen LogP contribution in [-0.4, -0.2) is 11.7 Å². The Hall–Kier alpha value is -2.22. The Kier molecular flexibility index (Phi) is 4.83. The SMILES string of the molecule is N#Cc1cccc(CNCC(O)c2ccccc2)c1F. The number of nitrogens with one attached hydrogen (secondary N) is 1. The summed E-state index contributed by atoms with van der Waals surface area (Å²) < 4.78 is 13.8. The van der Waals surface area contributed by atoms with Crippen LogP contribution in [0, 0.1) is 17.1 Å². The molecule has 0 amide bonds. The van der Waals surface area contributed by atoms with Crippen molar-refractivity contribution in [3.8, 4) is 6.07 Å². The average molecular weight is 270 g/mol. The lowest BCUT2D eigenvalue weighted by Gasteiger charge is -2.12. The van der Waals surface area contributed by atoms with E-state index < -0.39 is 11.9 Å². The Morgan fingerprint density at radius 3 is 2.60 bits per heavy atom. The molecule has 1 atom stereocenters. The summed E-state index contributed by atoms with van der Waals surface area (Å²) >= 11 is 0. The minimum atomic E-state index is -0.640. The first-order valence-corrected chi connectivity index (χ1v) is 6.33. The summed E-state index contributed by atoms with van der Waals surface area (Å²) in [6.07, 6.45) is -0.640. The Morgan fingerprint density at radius 2 is 1.90 bits per heavy atom. The van der Waals surface area contributed by atoms with Gasteiger partial charge in [0.25, 0.3) is 0 Å². The lowest BCUT2D eigenvalue weighted by molar-refractivity contribution is 0.174. The molecule has 0 aliphatic rings. The van der Waals surface area contributed by atoms with E-state index in [4.69, 9.17) is 5.26 Å². The number of halogens is 1. The van der Waals surface area contributed by atoms with Gasteiger partial charge in [-0.3, -0.25) is 0 Å². The van der Waals surface area contributed by atoms with E-state index >= 15 is 0 Å². The smallest absolute Gasteiger partial charge is 0.145 e. The third-order valence-corrected chi connectivity index (χ3v) is 3.04. The van der Waals surface area contributed by atoms with Gasteiger partial charge in [-0.2, -0.15) is 5.26 Å². The molecule has 0 aliphatic carbocycles. The minimum absolute atomic E-state index is 0.0351. The highest BCUT2D eigenvalue weighted by Crippen LogP contribution is 2.13. The van der Waals surface area contributed by atoms with Gasteiger partial charge in [0.05, 0.1) is 11.7 Å². The van der Waals surface area contributed by atoms with Crippen molar-refractivity contribution >= 4 is 0 Å². The van der Waals surface area contributed by atoms with E-state index in [0.717, 1.165) is 5.56 Å². The highest BCUT2D eigenvalue weighted by atomic mass is 19.1. The zero-order valence-corrected chi connectivity index (χ0v) is 10.9. The Balaban J connectivity index is 1.92. The van der Waals surface area contributed by atoms with Gasteiger partial charge in [-0.25, -0.2) is 4.39 Å². The Morgan fingerprint density at radius 1 is 1.15 bits per heavy atom. The average Bonchev–Trinajstić information content (AvgIpc) is 2.49. The van der Waals surface area contributed by atoms with Gasteiger partial charge in [0, 0.05) is 18.7 Å². The van der Waals surface area contributed by atoms with Crippen LogP contribution in [0.2, 0.25) is 0 Å². The standard InChI is InChI=1S/C16H15FN2O/c17-16-13(9-18)7-4-8-14(16)10-19-11-15(20)12-5-2-1-3-6-12/h1-8,15,19-20H,10-11H2. The highest BCUT2D eigenvalue weighted by molar-refractivity contribution is 5.34. The number of aliphatic hydroxyl groups is 1. The van der Waals surface area contributed by atoms with Crippen LogP contribution in [0.15, 0.2) is 48.5 Å². The van der Waals surface area contributed by atoms with Gasteiger partial charge in [0.1, 0.15) is 11.9 Å². The van der Waals surface area contributed by atoms with Gasteiger partial charge >= 0.3 is 0 Å². The molecule has 4 heteroatoms. The van der Waals surface area contributed by atoms with Crippen LogP contribution in [0.5, 0.6) is 0 Å². The predicted molar refractivity (Wildman–Crippen MR) is 74.2 cm³/mol. The van der Waals surface area contributed by atoms with Crippen LogP contribution in [0.3, 0.4) is 0 Å². The van der Waals surface area contributed by atoms with E-state index in [1.807, 2.05) is 36.4 Å².